The van der Waals surface area contributed by atoms with Gasteiger partial charge in [-0.2, -0.15) is 5.10 Å². The van der Waals surface area contributed by atoms with Crippen molar-refractivity contribution < 1.29 is 9.84 Å². The van der Waals surface area contributed by atoms with E-state index in [-0.39, 0.29) is 0 Å². The highest BCUT2D eigenvalue weighted by molar-refractivity contribution is 5.62. The van der Waals surface area contributed by atoms with Crippen LogP contribution in [0.1, 0.15) is 19.4 Å². The second kappa shape index (κ2) is 10.1. The van der Waals surface area contributed by atoms with E-state index in [9.17, 15) is 5.11 Å². The van der Waals surface area contributed by atoms with Gasteiger partial charge in [0.2, 0.25) is 0 Å². The van der Waals surface area contributed by atoms with E-state index < -0.39 is 6.10 Å². The molecule has 0 saturated carbocycles. The van der Waals surface area contributed by atoms with Crippen molar-refractivity contribution in [3.05, 3.63) is 66.6 Å². The third-order valence-electron chi connectivity index (χ3n) is 4.20. The van der Waals surface area contributed by atoms with Gasteiger partial charge in [0.25, 0.3) is 0 Å². The van der Waals surface area contributed by atoms with Crippen LogP contribution in [0.25, 0.3) is 16.9 Å². The molecule has 148 valence electrons. The van der Waals surface area contributed by atoms with E-state index in [2.05, 4.69) is 24.1 Å². The first-order valence-electron chi connectivity index (χ1n) is 9.64. The molecule has 2 N–H and O–H groups in total. The predicted octanol–water partition coefficient (Wildman–Crippen LogP) is 3.06. The zero-order chi connectivity index (χ0) is 19.8. The summed E-state index contributed by atoms with van der Waals surface area (Å²) in [5.74, 6) is 0.464. The Labute approximate surface area is 166 Å². The van der Waals surface area contributed by atoms with Crippen molar-refractivity contribution in [3.63, 3.8) is 0 Å². The van der Waals surface area contributed by atoms with Crippen LogP contribution in [0.5, 0.6) is 0 Å². The van der Waals surface area contributed by atoms with E-state index in [4.69, 9.17) is 9.84 Å². The van der Waals surface area contributed by atoms with Crippen LogP contribution >= 0.6 is 0 Å². The van der Waals surface area contributed by atoms with Crippen LogP contribution in [0.3, 0.4) is 0 Å². The molecule has 0 saturated heterocycles. The van der Waals surface area contributed by atoms with Gasteiger partial charge in [-0.25, -0.2) is 4.68 Å². The zero-order valence-electron chi connectivity index (χ0n) is 16.5. The van der Waals surface area contributed by atoms with Crippen molar-refractivity contribution >= 4 is 0 Å². The van der Waals surface area contributed by atoms with Gasteiger partial charge in [-0.3, -0.25) is 4.98 Å². The van der Waals surface area contributed by atoms with Crippen molar-refractivity contribution in [2.24, 2.45) is 5.92 Å². The maximum Gasteiger partial charge on any atom is 0.0988 e. The highest BCUT2D eigenvalue weighted by Crippen LogP contribution is 2.23. The molecule has 2 aromatic heterocycles. The number of benzene rings is 1. The Bertz CT molecular complexity index is 834. The minimum Gasteiger partial charge on any atom is -0.389 e. The Morgan fingerprint density at radius 1 is 1.11 bits per heavy atom. The number of nitrogens with one attached hydrogen (secondary N) is 1. The van der Waals surface area contributed by atoms with Crippen LogP contribution < -0.4 is 5.32 Å². The summed E-state index contributed by atoms with van der Waals surface area (Å²) < 4.78 is 7.38. The maximum atomic E-state index is 10.1. The van der Waals surface area contributed by atoms with Crippen molar-refractivity contribution in [2.45, 2.75) is 26.5 Å². The molecule has 0 radical (unpaired) electrons. The lowest BCUT2D eigenvalue weighted by molar-refractivity contribution is 0.0260. The number of aliphatic hydroxyl groups is 1. The number of ether oxygens (including phenoxy) is 1. The number of para-hydroxylation sites is 1. The Morgan fingerprint density at radius 2 is 1.93 bits per heavy atom. The van der Waals surface area contributed by atoms with Gasteiger partial charge in [-0.05, 0) is 30.2 Å². The van der Waals surface area contributed by atoms with Crippen molar-refractivity contribution in [1.29, 1.82) is 0 Å². The van der Waals surface area contributed by atoms with Gasteiger partial charge < -0.3 is 15.2 Å². The minimum absolute atomic E-state index is 0.337. The van der Waals surface area contributed by atoms with Gasteiger partial charge in [0.15, 0.2) is 0 Å². The van der Waals surface area contributed by atoms with Crippen LogP contribution in [0.2, 0.25) is 0 Å². The quantitative estimate of drug-likeness (QED) is 0.566. The van der Waals surface area contributed by atoms with E-state index in [1.165, 1.54) is 0 Å². The summed E-state index contributed by atoms with van der Waals surface area (Å²) in [4.78, 5) is 4.21. The lowest BCUT2D eigenvalue weighted by Gasteiger charge is -2.13. The van der Waals surface area contributed by atoms with Crippen LogP contribution in [0.15, 0.2) is 61.1 Å². The number of aromatic nitrogens is 3. The third-order valence-corrected chi connectivity index (χ3v) is 4.20. The third kappa shape index (κ3) is 5.73. The average molecular weight is 380 g/mol. The normalized spacial score (nSPS) is 12.4. The number of aliphatic hydroxyl groups excluding tert-OH is 1. The first-order valence-corrected chi connectivity index (χ1v) is 9.64. The first-order chi connectivity index (χ1) is 13.6. The Hall–Kier alpha value is -2.54. The van der Waals surface area contributed by atoms with Crippen molar-refractivity contribution in [3.8, 4) is 16.9 Å². The number of hydrogen-bond acceptors (Lipinski definition) is 5. The van der Waals surface area contributed by atoms with Crippen LogP contribution in [-0.2, 0) is 11.3 Å². The second-order valence-electron chi connectivity index (χ2n) is 7.24. The van der Waals surface area contributed by atoms with E-state index in [0.717, 1.165) is 22.5 Å². The van der Waals surface area contributed by atoms with E-state index in [0.29, 0.717) is 32.2 Å². The molecule has 0 aliphatic rings. The molecule has 0 aliphatic carbocycles. The zero-order valence-corrected chi connectivity index (χ0v) is 16.5. The van der Waals surface area contributed by atoms with Gasteiger partial charge in [0.05, 0.1) is 24.1 Å². The SMILES string of the molecule is CC(C)COCC(O)CNCc1cn(-c2ccccc2)nc1-c1cccnc1. The summed E-state index contributed by atoms with van der Waals surface area (Å²) in [6.45, 7) is 6.24. The summed E-state index contributed by atoms with van der Waals surface area (Å²) in [6, 6.07) is 13.9. The molecule has 28 heavy (non-hydrogen) atoms. The largest absolute Gasteiger partial charge is 0.389 e. The molecule has 3 rings (SSSR count). The molecular formula is C22H28N4O2. The summed E-state index contributed by atoms with van der Waals surface area (Å²) in [7, 11) is 0. The lowest BCUT2D eigenvalue weighted by Crippen LogP contribution is -2.30. The molecule has 1 unspecified atom stereocenters. The van der Waals surface area contributed by atoms with E-state index in [1.54, 1.807) is 6.20 Å². The van der Waals surface area contributed by atoms with Gasteiger partial charge in [0, 0.05) is 49.4 Å². The molecule has 0 bridgehead atoms. The molecule has 2 heterocycles. The molecule has 6 nitrogen and oxygen atoms in total. The molecule has 0 fully saturated rings. The summed E-state index contributed by atoms with van der Waals surface area (Å²) >= 11 is 0. The van der Waals surface area contributed by atoms with Crippen LogP contribution in [-0.4, -0.2) is 45.7 Å². The highest BCUT2D eigenvalue weighted by Gasteiger charge is 2.13. The molecule has 3 aromatic rings. The predicted molar refractivity (Wildman–Crippen MR) is 110 cm³/mol. The maximum absolute atomic E-state index is 10.1. The minimum atomic E-state index is -0.537. The summed E-state index contributed by atoms with van der Waals surface area (Å²) in [5.41, 5.74) is 3.90. The van der Waals surface area contributed by atoms with Gasteiger partial charge in [-0.15, -0.1) is 0 Å². The van der Waals surface area contributed by atoms with Gasteiger partial charge in [0.1, 0.15) is 0 Å². The summed E-state index contributed by atoms with van der Waals surface area (Å²) in [5, 5.41) is 18.2. The second-order valence-corrected chi connectivity index (χ2v) is 7.24. The number of pyridine rings is 1. The van der Waals surface area contributed by atoms with Crippen molar-refractivity contribution in [2.75, 3.05) is 19.8 Å². The van der Waals surface area contributed by atoms with E-state index >= 15 is 0 Å². The summed E-state index contributed by atoms with van der Waals surface area (Å²) in [6.07, 6.45) is 5.05. The molecule has 6 heteroatoms. The van der Waals surface area contributed by atoms with Crippen LogP contribution in [0.4, 0.5) is 0 Å². The first kappa shape index (κ1) is 20.2. The fourth-order valence-corrected chi connectivity index (χ4v) is 2.87. The molecule has 0 aliphatic heterocycles. The van der Waals surface area contributed by atoms with E-state index in [1.807, 2.05) is 59.5 Å². The monoisotopic (exact) mass is 380 g/mol. The topological polar surface area (TPSA) is 72.2 Å². The van der Waals surface area contributed by atoms with Gasteiger partial charge >= 0.3 is 0 Å². The number of nitrogens with zero attached hydrogens (tertiary/aromatic N) is 3. The molecular weight excluding hydrogens is 352 g/mol. The molecule has 1 aromatic carbocycles. The standard InChI is InChI=1S/C22H28N4O2/c1-17(2)15-28-16-21(27)13-24-12-19-14-26(20-8-4-3-5-9-20)25-22(19)18-7-6-10-23-11-18/h3-11,14,17,21,24,27H,12-13,15-16H2,1-2H3. The van der Waals surface area contributed by atoms with Crippen molar-refractivity contribution in [1.82, 2.24) is 20.1 Å². The Kier molecular flexibility index (Phi) is 7.31. The fraction of sp³-hybridized carbons (Fsp3) is 0.364. The Balaban J connectivity index is 1.68. The van der Waals surface area contributed by atoms with Crippen LogP contribution in [0, 0.1) is 5.92 Å². The smallest absolute Gasteiger partial charge is 0.0988 e. The molecule has 0 spiro atoms. The number of hydrogen-bond donors (Lipinski definition) is 2. The van der Waals surface area contributed by atoms with Gasteiger partial charge in [-0.1, -0.05) is 32.0 Å². The lowest BCUT2D eigenvalue weighted by atomic mass is 10.1. The molecule has 0 amide bonds. The highest BCUT2D eigenvalue weighted by atomic mass is 16.5. The average Bonchev–Trinajstić information content (AvgIpc) is 3.13. The molecule has 1 atom stereocenters. The fourth-order valence-electron chi connectivity index (χ4n) is 2.87. The Morgan fingerprint density at radius 3 is 2.64 bits per heavy atom. The number of rotatable bonds is 10.